The second-order valence-electron chi connectivity index (χ2n) is 6.17. The van der Waals surface area contributed by atoms with Crippen LogP contribution < -0.4 is 5.73 Å². The minimum atomic E-state index is 0.210. The second kappa shape index (κ2) is 8.18. The Bertz CT molecular complexity index is 460. The van der Waals surface area contributed by atoms with Crippen LogP contribution in [0.3, 0.4) is 0 Å². The molecule has 1 heterocycles. The molecule has 1 amide bonds. The highest BCUT2D eigenvalue weighted by molar-refractivity contribution is 5.78. The SMILES string of the molecule is CCC(CC)C(=O)N1CCN(CCc2ccc(N)cc2)CC1. The molecule has 2 N–H and O–H groups in total. The molecule has 0 bridgehead atoms. The van der Waals surface area contributed by atoms with Crippen molar-refractivity contribution in [2.45, 2.75) is 33.1 Å². The van der Waals surface area contributed by atoms with Crippen LogP contribution in [-0.2, 0) is 11.2 Å². The van der Waals surface area contributed by atoms with Gasteiger partial charge in [-0.25, -0.2) is 0 Å². The van der Waals surface area contributed by atoms with Gasteiger partial charge < -0.3 is 10.6 Å². The van der Waals surface area contributed by atoms with E-state index < -0.39 is 0 Å². The summed E-state index contributed by atoms with van der Waals surface area (Å²) in [5.74, 6) is 0.560. The van der Waals surface area contributed by atoms with E-state index in [9.17, 15) is 4.79 Å². The van der Waals surface area contributed by atoms with Crippen LogP contribution in [0.1, 0.15) is 32.3 Å². The number of piperazine rings is 1. The summed E-state index contributed by atoms with van der Waals surface area (Å²) in [6, 6.07) is 8.12. The van der Waals surface area contributed by atoms with Gasteiger partial charge in [-0.2, -0.15) is 0 Å². The summed E-state index contributed by atoms with van der Waals surface area (Å²) in [6.07, 6.45) is 2.94. The van der Waals surface area contributed by atoms with Crippen molar-refractivity contribution in [3.63, 3.8) is 0 Å². The van der Waals surface area contributed by atoms with E-state index in [2.05, 4.69) is 35.8 Å². The topological polar surface area (TPSA) is 49.6 Å². The van der Waals surface area contributed by atoms with Crippen LogP contribution in [0.25, 0.3) is 0 Å². The normalized spacial score (nSPS) is 16.2. The van der Waals surface area contributed by atoms with Gasteiger partial charge >= 0.3 is 0 Å². The summed E-state index contributed by atoms with van der Waals surface area (Å²) in [7, 11) is 0. The predicted octanol–water partition coefficient (Wildman–Crippen LogP) is 2.39. The zero-order valence-electron chi connectivity index (χ0n) is 13.9. The first kappa shape index (κ1) is 16.8. The number of anilines is 1. The van der Waals surface area contributed by atoms with Crippen LogP contribution in [0, 0.1) is 5.92 Å². The molecule has 0 aromatic heterocycles. The number of benzene rings is 1. The fraction of sp³-hybridized carbons (Fsp3) is 0.611. The van der Waals surface area contributed by atoms with E-state index in [0.29, 0.717) is 5.91 Å². The summed E-state index contributed by atoms with van der Waals surface area (Å²) >= 11 is 0. The maximum Gasteiger partial charge on any atom is 0.225 e. The van der Waals surface area contributed by atoms with E-state index in [1.807, 2.05) is 12.1 Å². The molecular weight excluding hydrogens is 274 g/mol. The van der Waals surface area contributed by atoms with Crippen LogP contribution in [0.4, 0.5) is 5.69 Å². The van der Waals surface area contributed by atoms with Gasteiger partial charge in [-0.3, -0.25) is 9.69 Å². The molecule has 1 fully saturated rings. The first-order valence-corrected chi connectivity index (χ1v) is 8.49. The lowest BCUT2D eigenvalue weighted by atomic mass is 10.0. The molecule has 0 aliphatic carbocycles. The Morgan fingerprint density at radius 3 is 2.23 bits per heavy atom. The van der Waals surface area contributed by atoms with Crippen molar-refractivity contribution in [1.82, 2.24) is 9.80 Å². The highest BCUT2D eigenvalue weighted by atomic mass is 16.2. The molecule has 0 radical (unpaired) electrons. The van der Waals surface area contributed by atoms with Crippen LogP contribution in [0.2, 0.25) is 0 Å². The van der Waals surface area contributed by atoms with Gasteiger partial charge in [0.1, 0.15) is 0 Å². The Morgan fingerprint density at radius 2 is 1.68 bits per heavy atom. The van der Waals surface area contributed by atoms with Crippen molar-refractivity contribution in [3.05, 3.63) is 29.8 Å². The van der Waals surface area contributed by atoms with E-state index >= 15 is 0 Å². The van der Waals surface area contributed by atoms with Crippen LogP contribution in [-0.4, -0.2) is 48.4 Å². The third-order valence-corrected chi connectivity index (χ3v) is 4.72. The highest BCUT2D eigenvalue weighted by Gasteiger charge is 2.25. The van der Waals surface area contributed by atoms with Crippen LogP contribution in [0.15, 0.2) is 24.3 Å². The third kappa shape index (κ3) is 4.47. The summed E-state index contributed by atoms with van der Waals surface area (Å²) in [5, 5.41) is 0. The summed E-state index contributed by atoms with van der Waals surface area (Å²) in [4.78, 5) is 16.9. The molecule has 1 aliphatic heterocycles. The van der Waals surface area contributed by atoms with Crippen molar-refractivity contribution >= 4 is 11.6 Å². The standard InChI is InChI=1S/C18H29N3O/c1-3-16(4-2)18(22)21-13-11-20(12-14-21)10-9-15-5-7-17(19)8-6-15/h5-8,16H,3-4,9-14,19H2,1-2H3. The van der Waals surface area contributed by atoms with Crippen molar-refractivity contribution in [3.8, 4) is 0 Å². The monoisotopic (exact) mass is 303 g/mol. The number of carbonyl (C=O) groups excluding carboxylic acids is 1. The van der Waals surface area contributed by atoms with Gasteiger partial charge in [-0.15, -0.1) is 0 Å². The molecule has 0 atom stereocenters. The first-order valence-electron chi connectivity index (χ1n) is 8.49. The predicted molar refractivity (Wildman–Crippen MR) is 91.7 cm³/mol. The molecule has 1 aromatic rings. The van der Waals surface area contributed by atoms with Crippen molar-refractivity contribution in [1.29, 1.82) is 0 Å². The molecule has 122 valence electrons. The fourth-order valence-electron chi connectivity index (χ4n) is 3.06. The lowest BCUT2D eigenvalue weighted by Gasteiger charge is -2.36. The number of nitrogen functional groups attached to an aromatic ring is 1. The minimum Gasteiger partial charge on any atom is -0.399 e. The Morgan fingerprint density at radius 1 is 1.09 bits per heavy atom. The average molecular weight is 303 g/mol. The molecule has 2 rings (SSSR count). The van der Waals surface area contributed by atoms with Gasteiger partial charge in [-0.1, -0.05) is 26.0 Å². The van der Waals surface area contributed by atoms with E-state index in [4.69, 9.17) is 5.73 Å². The number of hydrogen-bond donors (Lipinski definition) is 1. The lowest BCUT2D eigenvalue weighted by Crippen LogP contribution is -2.50. The van der Waals surface area contributed by atoms with Gasteiger partial charge in [0.05, 0.1) is 0 Å². The average Bonchev–Trinajstić information content (AvgIpc) is 2.56. The smallest absolute Gasteiger partial charge is 0.225 e. The number of hydrogen-bond acceptors (Lipinski definition) is 3. The number of amides is 1. The maximum absolute atomic E-state index is 12.4. The van der Waals surface area contributed by atoms with Crippen LogP contribution in [0.5, 0.6) is 0 Å². The van der Waals surface area contributed by atoms with Crippen LogP contribution >= 0.6 is 0 Å². The number of nitrogens with zero attached hydrogens (tertiary/aromatic N) is 2. The summed E-state index contributed by atoms with van der Waals surface area (Å²) in [6.45, 7) is 8.98. The Hall–Kier alpha value is -1.55. The zero-order valence-corrected chi connectivity index (χ0v) is 13.9. The van der Waals surface area contributed by atoms with Gasteiger partial charge in [0.25, 0.3) is 0 Å². The maximum atomic E-state index is 12.4. The van der Waals surface area contributed by atoms with Gasteiger partial charge in [0.15, 0.2) is 0 Å². The molecule has 0 spiro atoms. The Balaban J connectivity index is 1.75. The molecule has 1 aromatic carbocycles. The molecular formula is C18H29N3O. The number of carbonyl (C=O) groups is 1. The molecule has 0 unspecified atom stereocenters. The van der Waals surface area contributed by atoms with Crippen molar-refractivity contribution in [2.75, 3.05) is 38.5 Å². The second-order valence-corrected chi connectivity index (χ2v) is 6.17. The van der Waals surface area contributed by atoms with E-state index in [1.54, 1.807) is 0 Å². The third-order valence-electron chi connectivity index (χ3n) is 4.72. The largest absolute Gasteiger partial charge is 0.399 e. The van der Waals surface area contributed by atoms with Gasteiger partial charge in [0, 0.05) is 44.3 Å². The quantitative estimate of drug-likeness (QED) is 0.821. The zero-order chi connectivity index (χ0) is 15.9. The minimum absolute atomic E-state index is 0.210. The Labute approximate surface area is 134 Å². The first-order chi connectivity index (χ1) is 10.6. The fourth-order valence-corrected chi connectivity index (χ4v) is 3.06. The van der Waals surface area contributed by atoms with E-state index in [0.717, 1.165) is 57.7 Å². The molecule has 0 saturated carbocycles. The molecule has 4 heteroatoms. The highest BCUT2D eigenvalue weighted by Crippen LogP contribution is 2.14. The van der Waals surface area contributed by atoms with Gasteiger partial charge in [-0.05, 0) is 37.0 Å². The molecule has 4 nitrogen and oxygen atoms in total. The molecule has 1 saturated heterocycles. The van der Waals surface area contributed by atoms with Crippen molar-refractivity contribution < 1.29 is 4.79 Å². The number of rotatable bonds is 6. The number of nitrogens with two attached hydrogens (primary N) is 1. The van der Waals surface area contributed by atoms with E-state index in [1.165, 1.54) is 5.56 Å². The Kier molecular flexibility index (Phi) is 6.25. The van der Waals surface area contributed by atoms with Crippen molar-refractivity contribution in [2.24, 2.45) is 5.92 Å². The lowest BCUT2D eigenvalue weighted by molar-refractivity contribution is -0.137. The molecule has 1 aliphatic rings. The molecule has 22 heavy (non-hydrogen) atoms. The summed E-state index contributed by atoms with van der Waals surface area (Å²) in [5.41, 5.74) is 7.85. The summed E-state index contributed by atoms with van der Waals surface area (Å²) < 4.78 is 0. The van der Waals surface area contributed by atoms with E-state index in [-0.39, 0.29) is 5.92 Å². The van der Waals surface area contributed by atoms with Gasteiger partial charge in [0.2, 0.25) is 5.91 Å².